The highest BCUT2D eigenvalue weighted by atomic mass is 16.2. The zero-order chi connectivity index (χ0) is 17.8. The maximum absolute atomic E-state index is 12.7. The molecule has 1 aromatic rings. The molecule has 2 fully saturated rings. The monoisotopic (exact) mass is 345 g/mol. The summed E-state index contributed by atoms with van der Waals surface area (Å²) in [5.41, 5.74) is 0.642. The number of hydrogen-bond donors (Lipinski definition) is 1. The number of amides is 2. The number of nitrogens with one attached hydrogen (secondary N) is 1. The van der Waals surface area contributed by atoms with Crippen molar-refractivity contribution in [2.45, 2.75) is 52.0 Å². The van der Waals surface area contributed by atoms with Crippen LogP contribution < -0.4 is 10.2 Å². The van der Waals surface area contributed by atoms with E-state index in [1.807, 2.05) is 4.90 Å². The Morgan fingerprint density at radius 1 is 1.32 bits per heavy atom. The van der Waals surface area contributed by atoms with Crippen LogP contribution in [0.1, 0.15) is 46.0 Å². The third kappa shape index (κ3) is 3.75. The zero-order valence-corrected chi connectivity index (χ0v) is 15.1. The van der Waals surface area contributed by atoms with E-state index < -0.39 is 0 Å². The predicted molar refractivity (Wildman–Crippen MR) is 96.3 cm³/mol. The van der Waals surface area contributed by atoms with Crippen LogP contribution in [0.2, 0.25) is 0 Å². The molecule has 1 aromatic heterocycles. The second-order valence-corrected chi connectivity index (χ2v) is 6.86. The van der Waals surface area contributed by atoms with Gasteiger partial charge in [0.25, 0.3) is 0 Å². The summed E-state index contributed by atoms with van der Waals surface area (Å²) in [6, 6.07) is 0.227. The minimum Gasteiger partial charge on any atom is -0.355 e. The minimum atomic E-state index is -0.306. The topological polar surface area (TPSA) is 78.4 Å². The van der Waals surface area contributed by atoms with E-state index in [4.69, 9.17) is 0 Å². The van der Waals surface area contributed by atoms with Crippen LogP contribution >= 0.6 is 0 Å². The number of nitrogens with zero attached hydrogens (tertiary/aromatic N) is 4. The van der Waals surface area contributed by atoms with E-state index in [0.717, 1.165) is 44.6 Å². The van der Waals surface area contributed by atoms with E-state index in [-0.39, 0.29) is 30.2 Å². The normalized spacial score (nSPS) is 20.6. The molecule has 1 atom stereocenters. The van der Waals surface area contributed by atoms with E-state index >= 15 is 0 Å². The van der Waals surface area contributed by atoms with Crippen LogP contribution in [0.15, 0.2) is 12.5 Å². The fraction of sp³-hybridized carbons (Fsp3) is 0.667. The molecule has 7 heteroatoms. The van der Waals surface area contributed by atoms with Gasteiger partial charge in [-0.25, -0.2) is 9.97 Å². The number of aromatic nitrogens is 2. The molecule has 0 aromatic carbocycles. The molecule has 2 aliphatic heterocycles. The van der Waals surface area contributed by atoms with Crippen molar-refractivity contribution in [3.63, 3.8) is 0 Å². The first-order valence-corrected chi connectivity index (χ1v) is 9.29. The van der Waals surface area contributed by atoms with Crippen molar-refractivity contribution in [3.05, 3.63) is 12.5 Å². The van der Waals surface area contributed by atoms with Gasteiger partial charge in [0.1, 0.15) is 12.0 Å². The lowest BCUT2D eigenvalue weighted by Gasteiger charge is -2.26. The van der Waals surface area contributed by atoms with Crippen molar-refractivity contribution >= 4 is 23.3 Å². The van der Waals surface area contributed by atoms with Crippen LogP contribution in [-0.4, -0.2) is 52.4 Å². The largest absolute Gasteiger partial charge is 0.355 e. The minimum absolute atomic E-state index is 0.0814. The molecule has 25 heavy (non-hydrogen) atoms. The number of likely N-dealkylation sites (tertiary alicyclic amines) is 1. The summed E-state index contributed by atoms with van der Waals surface area (Å²) in [6.07, 6.45) is 7.56. The number of hydrogen-bond acceptors (Lipinski definition) is 5. The van der Waals surface area contributed by atoms with Crippen molar-refractivity contribution in [2.75, 3.05) is 29.9 Å². The van der Waals surface area contributed by atoms with E-state index in [9.17, 15) is 9.59 Å². The highest BCUT2D eigenvalue weighted by Crippen LogP contribution is 2.28. The fourth-order valence-corrected chi connectivity index (χ4v) is 3.82. The van der Waals surface area contributed by atoms with Crippen LogP contribution in [0.4, 0.5) is 11.5 Å². The Kier molecular flexibility index (Phi) is 5.50. The molecule has 2 aliphatic rings. The van der Waals surface area contributed by atoms with Crippen molar-refractivity contribution in [1.29, 1.82) is 0 Å². The maximum Gasteiger partial charge on any atom is 0.229 e. The lowest BCUT2D eigenvalue weighted by atomic mass is 10.1. The number of rotatable bonds is 6. The van der Waals surface area contributed by atoms with Crippen LogP contribution in [0, 0.1) is 5.92 Å². The molecular weight excluding hydrogens is 318 g/mol. The third-order valence-corrected chi connectivity index (χ3v) is 5.27. The Balaban J connectivity index is 1.68. The van der Waals surface area contributed by atoms with Gasteiger partial charge in [-0.05, 0) is 25.7 Å². The van der Waals surface area contributed by atoms with Crippen molar-refractivity contribution in [3.8, 4) is 0 Å². The Morgan fingerprint density at radius 2 is 2.04 bits per heavy atom. The molecule has 2 saturated heterocycles. The van der Waals surface area contributed by atoms with Crippen molar-refractivity contribution in [2.24, 2.45) is 5.92 Å². The summed E-state index contributed by atoms with van der Waals surface area (Å²) >= 11 is 0. The first kappa shape index (κ1) is 17.6. The molecule has 0 bridgehead atoms. The summed E-state index contributed by atoms with van der Waals surface area (Å²) in [5.74, 6) is 0.441. The third-order valence-electron chi connectivity index (χ3n) is 5.27. The van der Waals surface area contributed by atoms with Gasteiger partial charge in [0, 0.05) is 32.1 Å². The molecule has 0 aliphatic carbocycles. The SMILES string of the molecule is CCC(CC)N1CC(C(=O)Nc2cncnc2N2CCCC2)CC1=O. The standard InChI is InChI=1S/C18H27N5O2/c1-3-14(4-2)23-11-13(9-16(23)24)18(25)21-15-10-19-12-20-17(15)22-7-5-6-8-22/h10,12-14H,3-9,11H2,1-2H3,(H,21,25). The quantitative estimate of drug-likeness (QED) is 0.854. The van der Waals surface area contributed by atoms with Gasteiger partial charge in [0.2, 0.25) is 11.8 Å². The average Bonchev–Trinajstić information content (AvgIpc) is 3.27. The smallest absolute Gasteiger partial charge is 0.229 e. The number of anilines is 2. The lowest BCUT2D eigenvalue weighted by molar-refractivity contribution is -0.130. The molecule has 136 valence electrons. The Labute approximate surface area is 148 Å². The van der Waals surface area contributed by atoms with Crippen molar-refractivity contribution in [1.82, 2.24) is 14.9 Å². The second-order valence-electron chi connectivity index (χ2n) is 6.86. The van der Waals surface area contributed by atoms with Crippen molar-refractivity contribution < 1.29 is 9.59 Å². The molecule has 7 nitrogen and oxygen atoms in total. The molecule has 2 amide bonds. The first-order chi connectivity index (χ1) is 12.1. The van der Waals surface area contributed by atoms with Gasteiger partial charge in [-0.1, -0.05) is 13.8 Å². The summed E-state index contributed by atoms with van der Waals surface area (Å²) in [6.45, 7) is 6.56. The second kappa shape index (κ2) is 7.80. The van der Waals surface area contributed by atoms with Crippen LogP contribution in [-0.2, 0) is 9.59 Å². The zero-order valence-electron chi connectivity index (χ0n) is 15.1. The molecule has 1 unspecified atom stereocenters. The Morgan fingerprint density at radius 3 is 2.72 bits per heavy atom. The van der Waals surface area contributed by atoms with Gasteiger partial charge >= 0.3 is 0 Å². The predicted octanol–water partition coefficient (Wildman–Crippen LogP) is 2.05. The maximum atomic E-state index is 12.7. The average molecular weight is 345 g/mol. The fourth-order valence-electron chi connectivity index (χ4n) is 3.82. The highest BCUT2D eigenvalue weighted by Gasteiger charge is 2.37. The summed E-state index contributed by atoms with van der Waals surface area (Å²) in [5, 5.41) is 2.96. The summed E-state index contributed by atoms with van der Waals surface area (Å²) < 4.78 is 0. The van der Waals surface area contributed by atoms with Gasteiger partial charge in [0.05, 0.1) is 12.1 Å². The molecule has 0 saturated carbocycles. The number of carbonyl (C=O) groups is 2. The van der Waals surface area contributed by atoms with E-state index in [2.05, 4.69) is 34.0 Å². The molecule has 0 spiro atoms. The van der Waals surface area contributed by atoms with Gasteiger partial charge < -0.3 is 15.1 Å². The van der Waals surface area contributed by atoms with Gasteiger partial charge in [0.15, 0.2) is 5.82 Å². The highest BCUT2D eigenvalue weighted by molar-refractivity contribution is 5.98. The summed E-state index contributed by atoms with van der Waals surface area (Å²) in [4.78, 5) is 37.4. The van der Waals surface area contributed by atoms with Gasteiger partial charge in [-0.3, -0.25) is 9.59 Å². The Hall–Kier alpha value is -2.18. The molecular formula is C18H27N5O2. The van der Waals surface area contributed by atoms with Crippen LogP contribution in [0.25, 0.3) is 0 Å². The molecule has 1 N–H and O–H groups in total. The first-order valence-electron chi connectivity index (χ1n) is 9.29. The van der Waals surface area contributed by atoms with Crippen LogP contribution in [0.5, 0.6) is 0 Å². The van der Waals surface area contributed by atoms with E-state index in [1.165, 1.54) is 6.33 Å². The van der Waals surface area contributed by atoms with Crippen LogP contribution in [0.3, 0.4) is 0 Å². The molecule has 3 rings (SSSR count). The Bertz CT molecular complexity index is 626. The molecule has 0 radical (unpaired) electrons. The van der Waals surface area contributed by atoms with E-state index in [0.29, 0.717) is 12.2 Å². The lowest BCUT2D eigenvalue weighted by Crippen LogP contribution is -2.36. The molecule has 3 heterocycles. The van der Waals surface area contributed by atoms with E-state index in [1.54, 1.807) is 6.20 Å². The number of carbonyl (C=O) groups excluding carboxylic acids is 2. The van der Waals surface area contributed by atoms with Gasteiger partial charge in [-0.15, -0.1) is 0 Å². The summed E-state index contributed by atoms with van der Waals surface area (Å²) in [7, 11) is 0. The van der Waals surface area contributed by atoms with Gasteiger partial charge in [-0.2, -0.15) is 0 Å².